The number of oxazole rings is 1. The van der Waals surface area contributed by atoms with E-state index in [4.69, 9.17) is 9.52 Å². The molecule has 0 bridgehead atoms. The van der Waals surface area contributed by atoms with Crippen molar-refractivity contribution < 1.29 is 14.3 Å². The summed E-state index contributed by atoms with van der Waals surface area (Å²) in [6.45, 7) is 1.60. The zero-order valence-corrected chi connectivity index (χ0v) is 8.12. The van der Waals surface area contributed by atoms with E-state index in [1.165, 1.54) is 0 Å². The van der Waals surface area contributed by atoms with E-state index < -0.39 is 11.9 Å². The van der Waals surface area contributed by atoms with E-state index in [1.807, 2.05) is 0 Å². The first-order chi connectivity index (χ1) is 6.68. The molecule has 1 aliphatic carbocycles. The molecule has 1 aromatic heterocycles. The van der Waals surface area contributed by atoms with Crippen molar-refractivity contribution in [3.63, 3.8) is 0 Å². The smallest absolute Gasteiger partial charge is 0.315 e. The molecule has 0 amide bonds. The van der Waals surface area contributed by atoms with Crippen LogP contribution in [0, 0.1) is 0 Å². The summed E-state index contributed by atoms with van der Waals surface area (Å²) in [7, 11) is 0. The van der Waals surface area contributed by atoms with E-state index in [9.17, 15) is 4.79 Å². The zero-order chi connectivity index (χ0) is 10.1. The average Bonchev–Trinajstić information content (AvgIpc) is 2.59. The molecular weight excluding hydrogens is 182 g/mol. The third kappa shape index (κ3) is 1.52. The number of aromatic nitrogens is 1. The summed E-state index contributed by atoms with van der Waals surface area (Å²) in [6.07, 6.45) is 4.06. The van der Waals surface area contributed by atoms with Crippen molar-refractivity contribution >= 4 is 5.97 Å². The molecule has 14 heavy (non-hydrogen) atoms. The Balaban J connectivity index is 2.28. The molecule has 0 aromatic carbocycles. The normalized spacial score (nSPS) is 17.5. The number of carboxylic acids is 1. The lowest BCUT2D eigenvalue weighted by Crippen LogP contribution is -2.07. The summed E-state index contributed by atoms with van der Waals surface area (Å²) < 4.78 is 5.44. The first kappa shape index (κ1) is 9.24. The summed E-state index contributed by atoms with van der Waals surface area (Å²) in [5.74, 6) is -0.284. The molecule has 0 fully saturated rings. The third-order valence-electron chi connectivity index (χ3n) is 2.60. The summed E-state index contributed by atoms with van der Waals surface area (Å²) in [5, 5.41) is 8.80. The molecule has 0 aliphatic heterocycles. The highest BCUT2D eigenvalue weighted by Crippen LogP contribution is 2.25. The Hall–Kier alpha value is -1.32. The van der Waals surface area contributed by atoms with Crippen LogP contribution in [0.1, 0.15) is 43.0 Å². The Bertz CT molecular complexity index is 333. The number of rotatable bonds is 2. The van der Waals surface area contributed by atoms with Gasteiger partial charge in [-0.05, 0) is 26.2 Å². The summed E-state index contributed by atoms with van der Waals surface area (Å²) in [4.78, 5) is 14.9. The topological polar surface area (TPSA) is 63.3 Å². The fourth-order valence-corrected chi connectivity index (χ4v) is 1.66. The lowest BCUT2D eigenvalue weighted by Gasteiger charge is -2.05. The number of nitrogens with zero attached hydrogens (tertiary/aromatic N) is 1. The monoisotopic (exact) mass is 195 g/mol. The minimum Gasteiger partial charge on any atom is -0.481 e. The SMILES string of the molecule is CC(C(=O)O)c1nc2c(o1)CCCC2. The molecule has 0 spiro atoms. The van der Waals surface area contributed by atoms with Gasteiger partial charge in [0.25, 0.3) is 0 Å². The maximum atomic E-state index is 10.7. The van der Waals surface area contributed by atoms with Gasteiger partial charge >= 0.3 is 5.97 Å². The molecule has 1 aromatic rings. The van der Waals surface area contributed by atoms with Gasteiger partial charge in [0.1, 0.15) is 11.7 Å². The fourth-order valence-electron chi connectivity index (χ4n) is 1.66. The summed E-state index contributed by atoms with van der Waals surface area (Å²) >= 11 is 0. The molecule has 1 N–H and O–H groups in total. The molecule has 0 radical (unpaired) electrons. The van der Waals surface area contributed by atoms with Gasteiger partial charge in [-0.15, -0.1) is 0 Å². The number of hydrogen-bond acceptors (Lipinski definition) is 3. The van der Waals surface area contributed by atoms with Gasteiger partial charge in [0.2, 0.25) is 5.89 Å². The molecular formula is C10H13NO3. The molecule has 1 heterocycles. The highest BCUT2D eigenvalue weighted by Gasteiger charge is 2.23. The lowest BCUT2D eigenvalue weighted by atomic mass is 10.0. The van der Waals surface area contributed by atoms with Gasteiger partial charge in [0.15, 0.2) is 0 Å². The Labute approximate surface area is 81.9 Å². The van der Waals surface area contributed by atoms with E-state index >= 15 is 0 Å². The van der Waals surface area contributed by atoms with Crippen molar-refractivity contribution in [3.8, 4) is 0 Å². The second-order valence-electron chi connectivity index (χ2n) is 3.69. The molecule has 2 rings (SSSR count). The van der Waals surface area contributed by atoms with Crippen molar-refractivity contribution in [2.75, 3.05) is 0 Å². The summed E-state index contributed by atoms with van der Waals surface area (Å²) in [6, 6.07) is 0. The van der Waals surface area contributed by atoms with Crippen LogP contribution in [0.25, 0.3) is 0 Å². The van der Waals surface area contributed by atoms with Gasteiger partial charge in [0, 0.05) is 6.42 Å². The first-order valence-corrected chi connectivity index (χ1v) is 4.90. The van der Waals surface area contributed by atoms with Crippen molar-refractivity contribution in [1.82, 2.24) is 4.98 Å². The van der Waals surface area contributed by atoms with Gasteiger partial charge in [-0.2, -0.15) is 0 Å². The van der Waals surface area contributed by atoms with Crippen LogP contribution in [0.15, 0.2) is 4.42 Å². The number of carboxylic acid groups (broad SMARTS) is 1. The first-order valence-electron chi connectivity index (χ1n) is 4.90. The van der Waals surface area contributed by atoms with Crippen LogP contribution in [0.3, 0.4) is 0 Å². The van der Waals surface area contributed by atoms with E-state index in [0.29, 0.717) is 5.89 Å². The maximum Gasteiger partial charge on any atom is 0.315 e. The highest BCUT2D eigenvalue weighted by atomic mass is 16.4. The predicted octanol–water partition coefficient (Wildman–Crippen LogP) is 1.74. The van der Waals surface area contributed by atoms with E-state index in [-0.39, 0.29) is 0 Å². The number of carbonyl (C=O) groups is 1. The number of aryl methyl sites for hydroxylation is 2. The summed E-state index contributed by atoms with van der Waals surface area (Å²) in [5.41, 5.74) is 0.958. The molecule has 76 valence electrons. The highest BCUT2D eigenvalue weighted by molar-refractivity contribution is 5.74. The van der Waals surface area contributed by atoms with Crippen molar-refractivity contribution in [3.05, 3.63) is 17.3 Å². The Morgan fingerprint density at radius 2 is 2.21 bits per heavy atom. The van der Waals surface area contributed by atoms with Crippen LogP contribution in [-0.4, -0.2) is 16.1 Å². The van der Waals surface area contributed by atoms with Crippen molar-refractivity contribution in [2.45, 2.75) is 38.5 Å². The maximum absolute atomic E-state index is 10.7. The third-order valence-corrected chi connectivity index (χ3v) is 2.60. The molecule has 0 saturated carbocycles. The molecule has 0 saturated heterocycles. The molecule has 1 aliphatic rings. The Morgan fingerprint density at radius 1 is 1.50 bits per heavy atom. The Morgan fingerprint density at radius 3 is 2.86 bits per heavy atom. The van der Waals surface area contributed by atoms with Crippen LogP contribution in [0.4, 0.5) is 0 Å². The standard InChI is InChI=1S/C10H13NO3/c1-6(10(12)13)9-11-7-4-2-3-5-8(7)14-9/h6H,2-5H2,1H3,(H,12,13). The van der Waals surface area contributed by atoms with Crippen LogP contribution in [0.5, 0.6) is 0 Å². The zero-order valence-electron chi connectivity index (χ0n) is 8.12. The van der Waals surface area contributed by atoms with Crippen LogP contribution in [-0.2, 0) is 17.6 Å². The van der Waals surface area contributed by atoms with E-state index in [2.05, 4.69) is 4.98 Å². The van der Waals surface area contributed by atoms with Crippen LogP contribution in [0.2, 0.25) is 0 Å². The van der Waals surface area contributed by atoms with Gasteiger partial charge in [0.05, 0.1) is 5.69 Å². The molecule has 1 unspecified atom stereocenters. The largest absolute Gasteiger partial charge is 0.481 e. The van der Waals surface area contributed by atoms with Crippen LogP contribution < -0.4 is 0 Å². The van der Waals surface area contributed by atoms with Crippen LogP contribution >= 0.6 is 0 Å². The van der Waals surface area contributed by atoms with E-state index in [1.54, 1.807) is 6.92 Å². The van der Waals surface area contributed by atoms with Gasteiger partial charge < -0.3 is 9.52 Å². The minimum atomic E-state index is -0.886. The molecule has 4 nitrogen and oxygen atoms in total. The fraction of sp³-hybridized carbons (Fsp3) is 0.600. The Kier molecular flexibility index (Phi) is 2.27. The van der Waals surface area contributed by atoms with E-state index in [0.717, 1.165) is 37.1 Å². The number of hydrogen-bond donors (Lipinski definition) is 1. The van der Waals surface area contributed by atoms with Gasteiger partial charge in [-0.1, -0.05) is 0 Å². The number of fused-ring (bicyclic) bond motifs is 1. The predicted molar refractivity (Wildman–Crippen MR) is 49.2 cm³/mol. The van der Waals surface area contributed by atoms with Gasteiger partial charge in [-0.3, -0.25) is 4.79 Å². The number of aliphatic carboxylic acids is 1. The molecule has 4 heteroatoms. The van der Waals surface area contributed by atoms with Gasteiger partial charge in [-0.25, -0.2) is 4.98 Å². The van der Waals surface area contributed by atoms with Crippen molar-refractivity contribution in [1.29, 1.82) is 0 Å². The lowest BCUT2D eigenvalue weighted by molar-refractivity contribution is -0.138. The average molecular weight is 195 g/mol. The second kappa shape index (κ2) is 3.44. The minimum absolute atomic E-state index is 0.351. The van der Waals surface area contributed by atoms with Crippen molar-refractivity contribution in [2.24, 2.45) is 0 Å². The quantitative estimate of drug-likeness (QED) is 0.780. The molecule has 1 atom stereocenters. The second-order valence-corrected chi connectivity index (χ2v) is 3.69.